The maximum Gasteiger partial charge on any atom is 0.248 e. The topological polar surface area (TPSA) is 83.7 Å². The van der Waals surface area contributed by atoms with Gasteiger partial charge in [0.15, 0.2) is 0 Å². The van der Waals surface area contributed by atoms with Gasteiger partial charge in [0.05, 0.1) is 5.25 Å². The summed E-state index contributed by atoms with van der Waals surface area (Å²) in [6.45, 7) is 5.65. The number of anilines is 1. The number of nitrogens with two attached hydrogens (primary N) is 1. The van der Waals surface area contributed by atoms with E-state index in [1.54, 1.807) is 30.3 Å². The molecular formula is C14H21N3O3S. The Hall–Kier alpha value is -1.60. The summed E-state index contributed by atoms with van der Waals surface area (Å²) in [7, 11) is -3.18. The highest BCUT2D eigenvalue weighted by Crippen LogP contribution is 2.19. The second-order valence-corrected chi connectivity index (χ2v) is 7.88. The van der Waals surface area contributed by atoms with Crippen molar-refractivity contribution in [2.24, 2.45) is 5.73 Å². The van der Waals surface area contributed by atoms with Crippen molar-refractivity contribution in [3.05, 3.63) is 29.8 Å². The molecule has 0 radical (unpaired) electrons. The molecule has 1 aromatic carbocycles. The number of benzene rings is 1. The molecule has 6 nitrogen and oxygen atoms in total. The van der Waals surface area contributed by atoms with Crippen molar-refractivity contribution in [1.82, 2.24) is 4.31 Å². The Kier molecular flexibility index (Phi) is 4.53. The van der Waals surface area contributed by atoms with Crippen LogP contribution in [0.5, 0.6) is 0 Å². The van der Waals surface area contributed by atoms with E-state index in [0.717, 1.165) is 5.69 Å². The van der Waals surface area contributed by atoms with Gasteiger partial charge >= 0.3 is 0 Å². The van der Waals surface area contributed by atoms with Gasteiger partial charge in [-0.25, -0.2) is 8.42 Å². The molecule has 1 fully saturated rings. The van der Waals surface area contributed by atoms with E-state index in [9.17, 15) is 13.2 Å². The standard InChI is InChI=1S/C14H21N3O3S/c1-11(2)21(19,20)17-9-7-16(8-10-17)13-5-3-12(4-6-13)14(15)18/h3-6,11H,7-10H2,1-2H3,(H2,15,18). The zero-order chi connectivity index (χ0) is 15.6. The van der Waals surface area contributed by atoms with E-state index in [1.165, 1.54) is 0 Å². The Balaban J connectivity index is 2.03. The summed E-state index contributed by atoms with van der Waals surface area (Å²) in [4.78, 5) is 13.1. The van der Waals surface area contributed by atoms with Gasteiger partial charge in [0, 0.05) is 37.4 Å². The van der Waals surface area contributed by atoms with E-state index in [0.29, 0.717) is 31.7 Å². The molecule has 1 aliphatic heterocycles. The van der Waals surface area contributed by atoms with Gasteiger partial charge in [-0.2, -0.15) is 4.31 Å². The number of primary amides is 1. The van der Waals surface area contributed by atoms with Gasteiger partial charge in [-0.05, 0) is 38.1 Å². The second-order valence-electron chi connectivity index (χ2n) is 5.39. The van der Waals surface area contributed by atoms with Gasteiger partial charge in [-0.3, -0.25) is 4.79 Å². The maximum atomic E-state index is 12.1. The van der Waals surface area contributed by atoms with E-state index in [1.807, 2.05) is 12.1 Å². The molecule has 1 aliphatic rings. The molecular weight excluding hydrogens is 290 g/mol. The fraction of sp³-hybridized carbons (Fsp3) is 0.500. The van der Waals surface area contributed by atoms with Crippen LogP contribution < -0.4 is 10.6 Å². The van der Waals surface area contributed by atoms with Gasteiger partial charge < -0.3 is 10.6 Å². The van der Waals surface area contributed by atoms with Crippen LogP contribution in [0.1, 0.15) is 24.2 Å². The largest absolute Gasteiger partial charge is 0.369 e. The van der Waals surface area contributed by atoms with Gasteiger partial charge in [0.2, 0.25) is 15.9 Å². The van der Waals surface area contributed by atoms with Crippen molar-refractivity contribution in [3.8, 4) is 0 Å². The molecule has 0 spiro atoms. The highest BCUT2D eigenvalue weighted by atomic mass is 32.2. The minimum Gasteiger partial charge on any atom is -0.369 e. The Labute approximate surface area is 125 Å². The van der Waals surface area contributed by atoms with Gasteiger partial charge in [-0.15, -0.1) is 0 Å². The van der Waals surface area contributed by atoms with Crippen LogP contribution in [0.3, 0.4) is 0 Å². The predicted molar refractivity (Wildman–Crippen MR) is 82.8 cm³/mol. The van der Waals surface area contributed by atoms with Crippen molar-refractivity contribution in [2.45, 2.75) is 19.1 Å². The van der Waals surface area contributed by atoms with Crippen LogP contribution in [-0.4, -0.2) is 50.1 Å². The smallest absolute Gasteiger partial charge is 0.248 e. The van der Waals surface area contributed by atoms with Crippen molar-refractivity contribution >= 4 is 21.6 Å². The van der Waals surface area contributed by atoms with Crippen molar-refractivity contribution in [2.75, 3.05) is 31.1 Å². The van der Waals surface area contributed by atoms with Crippen LogP contribution in [-0.2, 0) is 10.0 Å². The molecule has 0 aromatic heterocycles. The molecule has 0 unspecified atom stereocenters. The number of nitrogens with zero attached hydrogens (tertiary/aromatic N) is 2. The molecule has 116 valence electrons. The zero-order valence-corrected chi connectivity index (χ0v) is 13.1. The SMILES string of the molecule is CC(C)S(=O)(=O)N1CCN(c2ccc(C(N)=O)cc2)CC1. The Bertz CT molecular complexity index is 603. The average molecular weight is 311 g/mol. The molecule has 0 saturated carbocycles. The number of carbonyl (C=O) groups is 1. The first-order valence-electron chi connectivity index (χ1n) is 6.96. The Morgan fingerprint density at radius 3 is 2.05 bits per heavy atom. The molecule has 1 heterocycles. The summed E-state index contributed by atoms with van der Waals surface area (Å²) in [5, 5.41) is -0.390. The first-order valence-corrected chi connectivity index (χ1v) is 8.46. The predicted octanol–water partition coefficient (Wildman–Crippen LogP) is 0.646. The van der Waals surface area contributed by atoms with Gasteiger partial charge in [0.25, 0.3) is 0 Å². The van der Waals surface area contributed by atoms with E-state index >= 15 is 0 Å². The minimum atomic E-state index is -3.18. The van der Waals surface area contributed by atoms with Crippen LogP contribution in [0.4, 0.5) is 5.69 Å². The third kappa shape index (κ3) is 3.36. The zero-order valence-electron chi connectivity index (χ0n) is 12.3. The molecule has 1 aromatic rings. The second kappa shape index (κ2) is 6.03. The monoisotopic (exact) mass is 311 g/mol. The molecule has 0 aliphatic carbocycles. The fourth-order valence-corrected chi connectivity index (χ4v) is 3.60. The van der Waals surface area contributed by atoms with Crippen molar-refractivity contribution in [1.29, 1.82) is 0 Å². The van der Waals surface area contributed by atoms with E-state index in [2.05, 4.69) is 4.90 Å². The number of carbonyl (C=O) groups excluding carboxylic acids is 1. The summed E-state index contributed by atoms with van der Waals surface area (Å²) >= 11 is 0. The number of piperazine rings is 1. The first-order chi connectivity index (χ1) is 9.82. The lowest BCUT2D eigenvalue weighted by Crippen LogP contribution is -2.50. The van der Waals surface area contributed by atoms with E-state index in [4.69, 9.17) is 5.73 Å². The third-order valence-corrected chi connectivity index (χ3v) is 5.99. The first kappa shape index (κ1) is 15.8. The lowest BCUT2D eigenvalue weighted by atomic mass is 10.2. The fourth-order valence-electron chi connectivity index (χ4n) is 2.34. The molecule has 2 rings (SSSR count). The number of hydrogen-bond donors (Lipinski definition) is 1. The quantitative estimate of drug-likeness (QED) is 0.885. The molecule has 1 saturated heterocycles. The molecule has 0 atom stereocenters. The average Bonchev–Trinajstić information content (AvgIpc) is 2.47. The van der Waals surface area contributed by atoms with Gasteiger partial charge in [-0.1, -0.05) is 0 Å². The summed E-state index contributed by atoms with van der Waals surface area (Å²) in [5.74, 6) is -0.450. The number of amides is 1. The molecule has 0 bridgehead atoms. The molecule has 7 heteroatoms. The normalized spacial score (nSPS) is 17.2. The van der Waals surface area contributed by atoms with Crippen LogP contribution in [0.2, 0.25) is 0 Å². The van der Waals surface area contributed by atoms with Crippen molar-refractivity contribution in [3.63, 3.8) is 0 Å². The van der Waals surface area contributed by atoms with Crippen LogP contribution in [0.25, 0.3) is 0 Å². The molecule has 21 heavy (non-hydrogen) atoms. The molecule has 1 amide bonds. The van der Waals surface area contributed by atoms with Crippen LogP contribution in [0, 0.1) is 0 Å². The van der Waals surface area contributed by atoms with Crippen LogP contribution >= 0.6 is 0 Å². The lowest BCUT2D eigenvalue weighted by Gasteiger charge is -2.36. The highest BCUT2D eigenvalue weighted by molar-refractivity contribution is 7.89. The highest BCUT2D eigenvalue weighted by Gasteiger charge is 2.29. The van der Waals surface area contributed by atoms with E-state index < -0.39 is 15.9 Å². The number of sulfonamides is 1. The lowest BCUT2D eigenvalue weighted by molar-refractivity contribution is 0.100. The number of hydrogen-bond acceptors (Lipinski definition) is 4. The van der Waals surface area contributed by atoms with Gasteiger partial charge in [0.1, 0.15) is 0 Å². The summed E-state index contributed by atoms with van der Waals surface area (Å²) in [6.07, 6.45) is 0. The number of rotatable bonds is 4. The summed E-state index contributed by atoms with van der Waals surface area (Å²) < 4.78 is 25.8. The maximum absolute atomic E-state index is 12.1. The Morgan fingerprint density at radius 1 is 1.10 bits per heavy atom. The summed E-state index contributed by atoms with van der Waals surface area (Å²) in [6, 6.07) is 7.06. The summed E-state index contributed by atoms with van der Waals surface area (Å²) in [5.41, 5.74) is 6.66. The minimum absolute atomic E-state index is 0.390. The Morgan fingerprint density at radius 2 is 1.62 bits per heavy atom. The van der Waals surface area contributed by atoms with E-state index in [-0.39, 0.29) is 5.25 Å². The van der Waals surface area contributed by atoms with Crippen LogP contribution in [0.15, 0.2) is 24.3 Å². The third-order valence-electron chi connectivity index (χ3n) is 3.71. The molecule has 2 N–H and O–H groups in total. The van der Waals surface area contributed by atoms with Crippen molar-refractivity contribution < 1.29 is 13.2 Å².